The van der Waals surface area contributed by atoms with Gasteiger partial charge in [-0.25, -0.2) is 0 Å². The van der Waals surface area contributed by atoms with Crippen molar-refractivity contribution >= 4 is 41.5 Å². The van der Waals surface area contributed by atoms with Crippen molar-refractivity contribution in [3.63, 3.8) is 0 Å². The molecule has 126 valence electrons. The zero-order valence-electron chi connectivity index (χ0n) is 13.3. The molecule has 0 saturated heterocycles. The highest BCUT2D eigenvalue weighted by Crippen LogP contribution is 2.22. The molecule has 0 atom stereocenters. The van der Waals surface area contributed by atoms with Crippen LogP contribution in [0.25, 0.3) is 0 Å². The fourth-order valence-corrected chi connectivity index (χ4v) is 2.04. The van der Waals surface area contributed by atoms with E-state index in [4.69, 9.17) is 21.1 Å². The predicted molar refractivity (Wildman–Crippen MR) is 103 cm³/mol. The predicted octanol–water partition coefficient (Wildman–Crippen LogP) is 2.71. The van der Waals surface area contributed by atoms with Gasteiger partial charge in [-0.2, -0.15) is 0 Å². The summed E-state index contributed by atoms with van der Waals surface area (Å²) in [5, 5.41) is 7.15. The van der Waals surface area contributed by atoms with Gasteiger partial charge in [0.1, 0.15) is 5.75 Å². The van der Waals surface area contributed by atoms with Crippen LogP contribution >= 0.6 is 35.6 Å². The summed E-state index contributed by atoms with van der Waals surface area (Å²) in [7, 11) is 3.38. The molecule has 0 aliphatic carbocycles. The minimum absolute atomic E-state index is 0. The first kappa shape index (κ1) is 21.3. The van der Waals surface area contributed by atoms with E-state index in [0.717, 1.165) is 48.4 Å². The zero-order valence-corrected chi connectivity index (χ0v) is 16.4. The smallest absolute Gasteiger partial charge is 0.191 e. The van der Waals surface area contributed by atoms with E-state index in [2.05, 4.69) is 15.6 Å². The number of rotatable bonds is 8. The van der Waals surface area contributed by atoms with E-state index in [-0.39, 0.29) is 24.0 Å². The van der Waals surface area contributed by atoms with E-state index < -0.39 is 0 Å². The summed E-state index contributed by atoms with van der Waals surface area (Å²) < 4.78 is 10.4. The Balaban J connectivity index is 0.00000441. The molecule has 5 nitrogen and oxygen atoms in total. The Bertz CT molecular complexity index is 458. The maximum absolute atomic E-state index is 6.21. The molecule has 0 aliphatic rings. The molecule has 0 fully saturated rings. The number of nitrogens with zero attached hydrogens (tertiary/aromatic N) is 1. The van der Waals surface area contributed by atoms with Gasteiger partial charge in [0.05, 0.1) is 13.7 Å². The summed E-state index contributed by atoms with van der Waals surface area (Å²) in [6.07, 6.45) is 0.814. The fourth-order valence-electron chi connectivity index (χ4n) is 1.78. The van der Waals surface area contributed by atoms with E-state index in [1.807, 2.05) is 25.1 Å². The van der Waals surface area contributed by atoms with Crippen LogP contribution in [0, 0.1) is 0 Å². The summed E-state index contributed by atoms with van der Waals surface area (Å²) in [4.78, 5) is 4.15. The standard InChI is InChI=1S/C15H24ClN3O2.HI/c1-4-21-10-9-19-15(17-2)18-8-7-12-5-6-13(20-3)11-14(12)16;/h5-6,11H,4,7-10H2,1-3H3,(H2,17,18,19);1H. The number of hydrogen-bond acceptors (Lipinski definition) is 3. The SMILES string of the molecule is CCOCCNC(=NC)NCCc1ccc(OC)cc1Cl.I. The van der Waals surface area contributed by atoms with Crippen LogP contribution in [0.15, 0.2) is 23.2 Å². The molecule has 0 amide bonds. The molecule has 0 spiro atoms. The van der Waals surface area contributed by atoms with Crippen LogP contribution in [0.5, 0.6) is 5.75 Å². The molecule has 0 aromatic heterocycles. The topological polar surface area (TPSA) is 54.9 Å². The largest absolute Gasteiger partial charge is 0.497 e. The number of methoxy groups -OCH3 is 1. The maximum Gasteiger partial charge on any atom is 0.191 e. The Kier molecular flexibility index (Phi) is 12.4. The number of nitrogens with one attached hydrogen (secondary N) is 2. The van der Waals surface area contributed by atoms with Crippen LogP contribution in [-0.4, -0.2) is 46.4 Å². The molecule has 2 N–H and O–H groups in total. The molecule has 0 saturated carbocycles. The summed E-state index contributed by atoms with van der Waals surface area (Å²) in [6, 6.07) is 5.72. The lowest BCUT2D eigenvalue weighted by molar-refractivity contribution is 0.152. The number of guanidine groups is 1. The highest BCUT2D eigenvalue weighted by Gasteiger charge is 2.03. The Labute approximate surface area is 154 Å². The monoisotopic (exact) mass is 441 g/mol. The Morgan fingerprint density at radius 3 is 2.59 bits per heavy atom. The Hall–Kier alpha value is -0.730. The van der Waals surface area contributed by atoms with Gasteiger partial charge in [-0.1, -0.05) is 17.7 Å². The molecule has 0 unspecified atom stereocenters. The van der Waals surface area contributed by atoms with Gasteiger partial charge in [-0.05, 0) is 31.0 Å². The maximum atomic E-state index is 6.21. The summed E-state index contributed by atoms with van der Waals surface area (Å²) in [6.45, 7) is 4.86. The summed E-state index contributed by atoms with van der Waals surface area (Å²) >= 11 is 6.21. The molecule has 1 rings (SSSR count). The van der Waals surface area contributed by atoms with Crippen LogP contribution in [0.1, 0.15) is 12.5 Å². The van der Waals surface area contributed by atoms with E-state index in [1.165, 1.54) is 0 Å². The van der Waals surface area contributed by atoms with E-state index in [0.29, 0.717) is 6.61 Å². The van der Waals surface area contributed by atoms with Crippen molar-refractivity contribution in [1.29, 1.82) is 0 Å². The molecule has 0 radical (unpaired) electrons. The van der Waals surface area contributed by atoms with Crippen molar-refractivity contribution in [3.8, 4) is 5.75 Å². The van der Waals surface area contributed by atoms with Crippen molar-refractivity contribution in [3.05, 3.63) is 28.8 Å². The molecule has 7 heteroatoms. The second kappa shape index (κ2) is 12.8. The molecule has 1 aromatic rings. The van der Waals surface area contributed by atoms with Gasteiger partial charge in [0.25, 0.3) is 0 Å². The van der Waals surface area contributed by atoms with E-state index in [9.17, 15) is 0 Å². The molecule has 0 aliphatic heterocycles. The highest BCUT2D eigenvalue weighted by atomic mass is 127. The molecule has 1 aromatic carbocycles. The first-order valence-corrected chi connectivity index (χ1v) is 7.43. The van der Waals surface area contributed by atoms with Gasteiger partial charge in [0.2, 0.25) is 0 Å². The van der Waals surface area contributed by atoms with Gasteiger partial charge in [-0.15, -0.1) is 24.0 Å². The van der Waals surface area contributed by atoms with Crippen molar-refractivity contribution < 1.29 is 9.47 Å². The van der Waals surface area contributed by atoms with Crippen molar-refractivity contribution in [1.82, 2.24) is 10.6 Å². The lowest BCUT2D eigenvalue weighted by Gasteiger charge is -2.12. The second-order valence-electron chi connectivity index (χ2n) is 4.33. The average Bonchev–Trinajstić information content (AvgIpc) is 2.51. The number of ether oxygens (including phenoxy) is 2. The minimum atomic E-state index is 0. The molecular weight excluding hydrogens is 417 g/mol. The van der Waals surface area contributed by atoms with Crippen LogP contribution in [0.2, 0.25) is 5.02 Å². The highest BCUT2D eigenvalue weighted by molar-refractivity contribution is 14.0. The van der Waals surface area contributed by atoms with Gasteiger partial charge in [0, 0.05) is 31.8 Å². The first-order chi connectivity index (χ1) is 10.2. The van der Waals surface area contributed by atoms with Crippen molar-refractivity contribution in [2.24, 2.45) is 4.99 Å². The third-order valence-electron chi connectivity index (χ3n) is 2.91. The number of aliphatic imine (C=N–C) groups is 1. The third-order valence-corrected chi connectivity index (χ3v) is 3.27. The minimum Gasteiger partial charge on any atom is -0.497 e. The van der Waals surface area contributed by atoms with Gasteiger partial charge in [0.15, 0.2) is 5.96 Å². The quantitative estimate of drug-likeness (QED) is 0.282. The molecular formula is C15H25ClIN3O2. The Morgan fingerprint density at radius 1 is 1.27 bits per heavy atom. The van der Waals surface area contributed by atoms with E-state index in [1.54, 1.807) is 14.2 Å². The lowest BCUT2D eigenvalue weighted by Crippen LogP contribution is -2.39. The number of hydrogen-bond donors (Lipinski definition) is 2. The number of benzene rings is 1. The van der Waals surface area contributed by atoms with Gasteiger partial charge < -0.3 is 20.1 Å². The molecule has 0 bridgehead atoms. The van der Waals surface area contributed by atoms with Crippen LogP contribution in [0.4, 0.5) is 0 Å². The normalized spacial score (nSPS) is 10.8. The lowest BCUT2D eigenvalue weighted by atomic mass is 10.1. The summed E-state index contributed by atoms with van der Waals surface area (Å²) in [5.74, 6) is 1.53. The first-order valence-electron chi connectivity index (χ1n) is 7.06. The van der Waals surface area contributed by atoms with Gasteiger partial charge >= 0.3 is 0 Å². The third kappa shape index (κ3) is 8.05. The van der Waals surface area contributed by atoms with Crippen LogP contribution in [-0.2, 0) is 11.2 Å². The van der Waals surface area contributed by atoms with Gasteiger partial charge in [-0.3, -0.25) is 4.99 Å². The molecule has 0 heterocycles. The van der Waals surface area contributed by atoms with E-state index >= 15 is 0 Å². The van der Waals surface area contributed by atoms with Crippen LogP contribution < -0.4 is 15.4 Å². The number of halogens is 2. The van der Waals surface area contributed by atoms with Crippen molar-refractivity contribution in [2.75, 3.05) is 40.5 Å². The average molecular weight is 442 g/mol. The second-order valence-corrected chi connectivity index (χ2v) is 4.74. The zero-order chi connectivity index (χ0) is 15.5. The summed E-state index contributed by atoms with van der Waals surface area (Å²) in [5.41, 5.74) is 1.08. The van der Waals surface area contributed by atoms with Crippen LogP contribution in [0.3, 0.4) is 0 Å². The molecule has 22 heavy (non-hydrogen) atoms. The fraction of sp³-hybridized carbons (Fsp3) is 0.533. The van der Waals surface area contributed by atoms with Crippen molar-refractivity contribution in [2.45, 2.75) is 13.3 Å². The Morgan fingerprint density at radius 2 is 2.00 bits per heavy atom.